The molecule has 2 N–H and O–H groups in total. The number of ether oxygens (including phenoxy) is 4. The maximum Gasteiger partial charge on any atom is 0.345 e. The topological polar surface area (TPSA) is 206 Å². The van der Waals surface area contributed by atoms with Gasteiger partial charge in [0.05, 0.1) is 6.10 Å². The van der Waals surface area contributed by atoms with Crippen molar-refractivity contribution in [3.8, 4) is 17.1 Å². The van der Waals surface area contributed by atoms with Gasteiger partial charge in [0.2, 0.25) is 0 Å². The highest BCUT2D eigenvalue weighted by molar-refractivity contribution is 5.70. The van der Waals surface area contributed by atoms with Crippen molar-refractivity contribution in [2.24, 2.45) is 22.7 Å². The number of aliphatic hydroxyl groups is 1. The first kappa shape index (κ1) is 35.8. The molecule has 3 aliphatic rings. The molecule has 272 valence electrons. The fourth-order valence-corrected chi connectivity index (χ4v) is 8.91. The Labute approximate surface area is 291 Å². The molecule has 4 heterocycles. The van der Waals surface area contributed by atoms with Crippen LogP contribution < -0.4 is 21.6 Å². The minimum atomic E-state index is -1.47. The fourth-order valence-electron chi connectivity index (χ4n) is 8.91. The molecule has 51 heavy (non-hydrogen) atoms. The van der Waals surface area contributed by atoms with Crippen LogP contribution in [0, 0.1) is 29.6 Å². The van der Waals surface area contributed by atoms with Gasteiger partial charge in [-0.05, 0) is 56.6 Å². The number of carbonyl (C=O) groups excluding carboxylic acids is 3. The van der Waals surface area contributed by atoms with Gasteiger partial charge in [0, 0.05) is 61.0 Å². The largest absolute Gasteiger partial charge is 0.482 e. The van der Waals surface area contributed by atoms with Crippen LogP contribution in [0.4, 0.5) is 0 Å². The molecule has 15 nitrogen and oxygen atoms in total. The average molecular weight is 708 g/mol. The third-order valence-corrected chi connectivity index (χ3v) is 11.2. The lowest BCUT2D eigenvalue weighted by Gasteiger charge is -2.66. The van der Waals surface area contributed by atoms with E-state index in [9.17, 15) is 33.9 Å². The second-order valence-electron chi connectivity index (χ2n) is 14.5. The maximum absolute atomic E-state index is 13.7. The smallest absolute Gasteiger partial charge is 0.345 e. The number of rotatable bonds is 7. The average Bonchev–Trinajstić information content (AvgIpc) is 3.05. The monoisotopic (exact) mass is 707 g/mol. The first-order chi connectivity index (χ1) is 24.0. The number of nitrogens with zero attached hydrogens (tertiary/aromatic N) is 2. The van der Waals surface area contributed by atoms with Crippen molar-refractivity contribution in [2.45, 2.75) is 91.3 Å². The lowest BCUT2D eigenvalue weighted by molar-refractivity contribution is -0.271. The molecule has 1 aliphatic heterocycles. The van der Waals surface area contributed by atoms with Crippen LogP contribution in [0.15, 0.2) is 55.6 Å². The van der Waals surface area contributed by atoms with E-state index in [2.05, 4.69) is 9.97 Å². The van der Waals surface area contributed by atoms with Crippen LogP contribution in [-0.4, -0.2) is 62.0 Å². The summed E-state index contributed by atoms with van der Waals surface area (Å²) in [5.41, 5.74) is -4.98. The third kappa shape index (κ3) is 6.17. The summed E-state index contributed by atoms with van der Waals surface area (Å²) in [4.78, 5) is 82.6. The second-order valence-corrected chi connectivity index (χ2v) is 14.5. The number of carbonyl (C=O) groups is 3. The van der Waals surface area contributed by atoms with E-state index in [1.54, 1.807) is 25.3 Å². The van der Waals surface area contributed by atoms with E-state index in [0.717, 1.165) is 4.57 Å². The molecule has 6 rings (SSSR count). The van der Waals surface area contributed by atoms with Crippen molar-refractivity contribution in [3.05, 3.63) is 79.2 Å². The van der Waals surface area contributed by atoms with Crippen LogP contribution in [0.25, 0.3) is 11.3 Å². The predicted octanol–water partition coefficient (Wildman–Crippen LogP) is 2.59. The number of hydrogen-bond donors (Lipinski definition) is 2. The quantitative estimate of drug-likeness (QED) is 0.268. The van der Waals surface area contributed by atoms with Crippen LogP contribution >= 0.6 is 0 Å². The van der Waals surface area contributed by atoms with Crippen molar-refractivity contribution < 1.29 is 42.9 Å². The summed E-state index contributed by atoms with van der Waals surface area (Å²) in [6.07, 6.45) is 1.87. The van der Waals surface area contributed by atoms with Crippen LogP contribution in [0.5, 0.6) is 5.75 Å². The summed E-state index contributed by atoms with van der Waals surface area (Å²) >= 11 is 0. The fraction of sp³-hybridized carbons (Fsp3) is 0.528. The number of aliphatic hydroxyl groups excluding tert-OH is 1. The number of fused-ring (bicyclic) bond motifs is 4. The van der Waals surface area contributed by atoms with Gasteiger partial charge in [-0.15, -0.1) is 0 Å². The minimum Gasteiger partial charge on any atom is -0.482 e. The van der Waals surface area contributed by atoms with Crippen LogP contribution in [0.3, 0.4) is 0 Å². The Hall–Kier alpha value is -5.05. The molecule has 2 aliphatic carbocycles. The molecule has 15 heteroatoms. The van der Waals surface area contributed by atoms with Crippen molar-refractivity contribution in [2.75, 3.05) is 6.61 Å². The second kappa shape index (κ2) is 12.9. The summed E-state index contributed by atoms with van der Waals surface area (Å²) in [6, 6.07) is 4.87. The van der Waals surface area contributed by atoms with Gasteiger partial charge in [0.15, 0.2) is 0 Å². The zero-order chi connectivity index (χ0) is 37.0. The van der Waals surface area contributed by atoms with Crippen molar-refractivity contribution >= 4 is 17.9 Å². The standard InChI is InChI=1S/C36H41N3O12/c1-18-15-39(33(46)38-31(18)44)16-27(42)50-26-13-24-34(4,10-9-25(48-20(3)41)35(24,5)17-47-19(2)40)30-29(43)28-23(51-36(26,30)6)12-22(49-32(28)45)21-8-7-11-37-14-21/h7-8,11-12,14-15,24-26,29-30,43H,9-10,13,16-17H2,1-6H3,(H,38,44,46)/t24?,25-,26-,29-,30?,34-,35?,36+/m0/s1. The number of aryl methyl sites for hydroxylation is 1. The van der Waals surface area contributed by atoms with Crippen molar-refractivity contribution in [1.29, 1.82) is 0 Å². The first-order valence-corrected chi connectivity index (χ1v) is 16.7. The summed E-state index contributed by atoms with van der Waals surface area (Å²) < 4.78 is 31.0. The van der Waals surface area contributed by atoms with Gasteiger partial charge in [-0.25, -0.2) is 9.59 Å². The molecule has 2 saturated carbocycles. The van der Waals surface area contributed by atoms with E-state index >= 15 is 0 Å². The van der Waals surface area contributed by atoms with Gasteiger partial charge in [-0.3, -0.25) is 33.7 Å². The van der Waals surface area contributed by atoms with E-state index < -0.39 is 87.9 Å². The Kier molecular flexibility index (Phi) is 9.07. The molecule has 3 aromatic heterocycles. The Morgan fingerprint density at radius 1 is 1.10 bits per heavy atom. The minimum absolute atomic E-state index is 0.0446. The highest BCUT2D eigenvalue weighted by atomic mass is 16.6. The summed E-state index contributed by atoms with van der Waals surface area (Å²) in [6.45, 7) is 8.83. The van der Waals surface area contributed by atoms with E-state index in [0.29, 0.717) is 18.4 Å². The molecule has 3 aromatic rings. The first-order valence-electron chi connectivity index (χ1n) is 16.7. The molecular formula is C36H41N3O12. The summed E-state index contributed by atoms with van der Waals surface area (Å²) in [7, 11) is 0. The van der Waals surface area contributed by atoms with Crippen LogP contribution in [0.1, 0.15) is 71.1 Å². The summed E-state index contributed by atoms with van der Waals surface area (Å²) in [5, 5.41) is 12.3. The maximum atomic E-state index is 13.7. The number of hydrogen-bond acceptors (Lipinski definition) is 13. The molecule has 3 unspecified atom stereocenters. The lowest BCUT2D eigenvalue weighted by Crippen LogP contribution is -2.71. The number of H-pyrrole nitrogens is 1. The molecule has 0 bridgehead atoms. The number of esters is 3. The Morgan fingerprint density at radius 3 is 2.51 bits per heavy atom. The molecule has 2 fully saturated rings. The summed E-state index contributed by atoms with van der Waals surface area (Å²) in [5.74, 6) is -3.17. The lowest BCUT2D eigenvalue weighted by atomic mass is 9.42. The highest BCUT2D eigenvalue weighted by Crippen LogP contribution is 2.67. The van der Waals surface area contributed by atoms with E-state index in [-0.39, 0.29) is 35.7 Å². The van der Waals surface area contributed by atoms with E-state index in [1.165, 1.54) is 39.2 Å². The number of nitrogens with one attached hydrogen (secondary N) is 1. The van der Waals surface area contributed by atoms with Gasteiger partial charge in [0.1, 0.15) is 48.0 Å². The molecular weight excluding hydrogens is 666 g/mol. The predicted molar refractivity (Wildman–Crippen MR) is 177 cm³/mol. The number of aromatic nitrogens is 3. The van der Waals surface area contributed by atoms with Gasteiger partial charge in [0.25, 0.3) is 5.56 Å². The Morgan fingerprint density at radius 2 is 1.84 bits per heavy atom. The SMILES string of the molecule is CC(=O)OCC1(C)C2C[C@H](OC(=O)Cn3cc(C)c(=O)[nH]c3=O)[C@@]3(C)Oc4cc(-c5cccnc5)oc(=O)c4[C@H](O)C3[C@@]2(C)CC[C@@H]1OC(C)=O. The normalized spacial score (nSPS) is 30.8. The zero-order valence-corrected chi connectivity index (χ0v) is 29.2. The van der Waals surface area contributed by atoms with Crippen molar-refractivity contribution in [3.63, 3.8) is 0 Å². The molecule has 0 amide bonds. The zero-order valence-electron chi connectivity index (χ0n) is 29.2. The molecule has 0 spiro atoms. The van der Waals surface area contributed by atoms with Crippen LogP contribution in [-0.2, 0) is 35.1 Å². The highest BCUT2D eigenvalue weighted by Gasteiger charge is 2.71. The van der Waals surface area contributed by atoms with Gasteiger partial charge >= 0.3 is 29.2 Å². The van der Waals surface area contributed by atoms with E-state index in [1.807, 2.05) is 13.8 Å². The molecule has 0 radical (unpaired) electrons. The Bertz CT molecular complexity index is 2060. The molecule has 0 aromatic carbocycles. The number of pyridine rings is 1. The van der Waals surface area contributed by atoms with Crippen LogP contribution in [0.2, 0.25) is 0 Å². The number of aromatic amines is 1. The van der Waals surface area contributed by atoms with Crippen molar-refractivity contribution in [1.82, 2.24) is 14.5 Å². The van der Waals surface area contributed by atoms with E-state index in [4.69, 9.17) is 23.4 Å². The van der Waals surface area contributed by atoms with Gasteiger partial charge in [-0.1, -0.05) is 13.8 Å². The molecule has 8 atom stereocenters. The third-order valence-electron chi connectivity index (χ3n) is 11.2. The Balaban J connectivity index is 1.48. The van der Waals surface area contributed by atoms with Gasteiger partial charge in [-0.2, -0.15) is 0 Å². The molecule has 0 saturated heterocycles. The van der Waals surface area contributed by atoms with Gasteiger partial charge < -0.3 is 28.5 Å².